The molecule has 1 saturated carbocycles. The predicted molar refractivity (Wildman–Crippen MR) is 117 cm³/mol. The third-order valence-electron chi connectivity index (χ3n) is 5.16. The first-order valence-corrected chi connectivity index (χ1v) is 12.0. The molecule has 3 aromatic heterocycles. The molecular formula is C20H21BrN4OS2. The lowest BCUT2D eigenvalue weighted by molar-refractivity contribution is 0.102. The molecule has 146 valence electrons. The minimum Gasteiger partial charge on any atom is -0.299 e. The molecule has 0 saturated heterocycles. The highest BCUT2D eigenvalue weighted by molar-refractivity contribution is 9.11. The molecule has 8 heteroatoms. The molecule has 1 aliphatic carbocycles. The van der Waals surface area contributed by atoms with Gasteiger partial charge in [-0.2, -0.15) is 0 Å². The van der Waals surface area contributed by atoms with Gasteiger partial charge in [-0.05, 0) is 59.0 Å². The molecule has 0 radical (unpaired) electrons. The van der Waals surface area contributed by atoms with Gasteiger partial charge in [-0.15, -0.1) is 21.5 Å². The Morgan fingerprint density at radius 2 is 2.14 bits per heavy atom. The maximum atomic E-state index is 12.6. The Hall–Kier alpha value is -1.51. The van der Waals surface area contributed by atoms with E-state index in [1.165, 1.54) is 42.4 Å². The van der Waals surface area contributed by atoms with Crippen LogP contribution >= 0.6 is 39.0 Å². The zero-order chi connectivity index (χ0) is 19.5. The second-order valence-electron chi connectivity index (χ2n) is 7.06. The molecule has 0 aliphatic heterocycles. The predicted octanol–water partition coefficient (Wildman–Crippen LogP) is 5.89. The van der Waals surface area contributed by atoms with E-state index < -0.39 is 0 Å². The fourth-order valence-corrected chi connectivity index (χ4v) is 6.00. The van der Waals surface area contributed by atoms with Crippen LogP contribution in [0.3, 0.4) is 0 Å². The summed E-state index contributed by atoms with van der Waals surface area (Å²) >= 11 is 6.37. The first-order chi connectivity index (χ1) is 13.6. The van der Waals surface area contributed by atoms with Crippen molar-refractivity contribution >= 4 is 44.8 Å². The van der Waals surface area contributed by atoms with Crippen molar-refractivity contribution in [3.63, 3.8) is 0 Å². The monoisotopic (exact) mass is 476 g/mol. The van der Waals surface area contributed by atoms with E-state index in [-0.39, 0.29) is 5.78 Å². The molecule has 4 rings (SSSR count). The summed E-state index contributed by atoms with van der Waals surface area (Å²) in [5, 5.41) is 9.77. The van der Waals surface area contributed by atoms with Crippen LogP contribution < -0.4 is 0 Å². The summed E-state index contributed by atoms with van der Waals surface area (Å²) in [5.74, 6) is 1.89. The molecule has 5 nitrogen and oxygen atoms in total. The molecular weight excluding hydrogens is 456 g/mol. The summed E-state index contributed by atoms with van der Waals surface area (Å²) in [6, 6.07) is 8.07. The largest absolute Gasteiger partial charge is 0.299 e. The minimum absolute atomic E-state index is 0.120. The Morgan fingerprint density at radius 3 is 2.86 bits per heavy atom. The fraction of sp³-hybridized carbons (Fsp3) is 0.400. The lowest BCUT2D eigenvalue weighted by Gasteiger charge is -2.31. The SMILES string of the molecule is C[C@H]1CCCC[C@@H]1n1c(SCC(=O)c2ccc(Br)s2)nnc1-c1cccnc1. The molecule has 0 aromatic carbocycles. The van der Waals surface area contributed by atoms with Gasteiger partial charge in [0.1, 0.15) is 0 Å². The third-order valence-corrected chi connectivity index (χ3v) is 7.77. The van der Waals surface area contributed by atoms with Crippen LogP contribution in [0.5, 0.6) is 0 Å². The maximum Gasteiger partial charge on any atom is 0.192 e. The van der Waals surface area contributed by atoms with Crippen molar-refractivity contribution in [2.75, 3.05) is 5.75 Å². The normalized spacial score (nSPS) is 19.6. The van der Waals surface area contributed by atoms with Crippen LogP contribution in [0.2, 0.25) is 0 Å². The number of halogens is 1. The van der Waals surface area contributed by atoms with Gasteiger partial charge in [-0.3, -0.25) is 14.3 Å². The lowest BCUT2D eigenvalue weighted by Crippen LogP contribution is -2.22. The summed E-state index contributed by atoms with van der Waals surface area (Å²) in [6.07, 6.45) is 8.41. The zero-order valence-electron chi connectivity index (χ0n) is 15.5. The molecule has 3 heterocycles. The number of thiophene rings is 1. The van der Waals surface area contributed by atoms with E-state index in [2.05, 4.69) is 42.6 Å². The number of aromatic nitrogens is 4. The Bertz CT molecular complexity index is 956. The van der Waals surface area contributed by atoms with E-state index in [9.17, 15) is 4.79 Å². The number of rotatable bonds is 6. The van der Waals surface area contributed by atoms with Crippen LogP contribution in [0, 0.1) is 5.92 Å². The van der Waals surface area contributed by atoms with Gasteiger partial charge in [0.05, 0.1) is 14.4 Å². The number of hydrogen-bond acceptors (Lipinski definition) is 6. The first-order valence-electron chi connectivity index (χ1n) is 9.40. The number of nitrogens with zero attached hydrogens (tertiary/aromatic N) is 4. The second-order valence-corrected chi connectivity index (χ2v) is 10.5. The number of ketones is 1. The molecule has 1 fully saturated rings. The average Bonchev–Trinajstić information content (AvgIpc) is 3.33. The van der Waals surface area contributed by atoms with E-state index in [4.69, 9.17) is 0 Å². The van der Waals surface area contributed by atoms with Crippen molar-refractivity contribution in [1.29, 1.82) is 0 Å². The van der Waals surface area contributed by atoms with Gasteiger partial charge in [0.25, 0.3) is 0 Å². The van der Waals surface area contributed by atoms with Crippen LogP contribution in [0.1, 0.15) is 48.3 Å². The van der Waals surface area contributed by atoms with Crippen molar-refractivity contribution in [1.82, 2.24) is 19.7 Å². The van der Waals surface area contributed by atoms with E-state index >= 15 is 0 Å². The van der Waals surface area contributed by atoms with E-state index in [0.717, 1.165) is 31.6 Å². The smallest absolute Gasteiger partial charge is 0.192 e. The highest BCUT2D eigenvalue weighted by Crippen LogP contribution is 2.39. The summed E-state index contributed by atoms with van der Waals surface area (Å²) < 4.78 is 3.22. The van der Waals surface area contributed by atoms with Crippen LogP contribution in [-0.4, -0.2) is 31.3 Å². The van der Waals surface area contributed by atoms with Crippen molar-refractivity contribution < 1.29 is 4.79 Å². The standard InChI is InChI=1S/C20H21BrN4OS2/c1-13-5-2-3-7-15(13)25-19(14-6-4-10-22-11-14)23-24-20(25)27-12-16(26)17-8-9-18(21)28-17/h4,6,8-11,13,15H,2-3,5,7,12H2,1H3/t13-,15-/m0/s1. The summed E-state index contributed by atoms with van der Waals surface area (Å²) in [5.41, 5.74) is 0.966. The molecule has 0 amide bonds. The molecule has 28 heavy (non-hydrogen) atoms. The van der Waals surface area contributed by atoms with Gasteiger partial charge < -0.3 is 0 Å². The average molecular weight is 477 g/mol. The van der Waals surface area contributed by atoms with Crippen molar-refractivity contribution in [2.45, 2.75) is 43.8 Å². The molecule has 0 N–H and O–H groups in total. The Kier molecular flexibility index (Phi) is 6.28. The highest BCUT2D eigenvalue weighted by atomic mass is 79.9. The van der Waals surface area contributed by atoms with E-state index in [1.54, 1.807) is 6.20 Å². The molecule has 3 aromatic rings. The van der Waals surface area contributed by atoms with Gasteiger partial charge in [-0.1, -0.05) is 31.5 Å². The van der Waals surface area contributed by atoms with Crippen molar-refractivity contribution in [3.05, 3.63) is 45.3 Å². The molecule has 0 unspecified atom stereocenters. The van der Waals surface area contributed by atoms with Gasteiger partial charge in [0, 0.05) is 24.0 Å². The van der Waals surface area contributed by atoms with Gasteiger partial charge in [0.15, 0.2) is 16.8 Å². The highest BCUT2D eigenvalue weighted by Gasteiger charge is 2.29. The fourth-order valence-electron chi connectivity index (χ4n) is 3.71. The number of pyridine rings is 1. The lowest BCUT2D eigenvalue weighted by atomic mass is 9.85. The minimum atomic E-state index is 0.120. The molecule has 1 aliphatic rings. The van der Waals surface area contributed by atoms with Crippen molar-refractivity contribution in [3.8, 4) is 11.4 Å². The van der Waals surface area contributed by atoms with Crippen LogP contribution in [0.4, 0.5) is 0 Å². The number of hydrogen-bond donors (Lipinski definition) is 0. The topological polar surface area (TPSA) is 60.7 Å². The quantitative estimate of drug-likeness (QED) is 0.327. The number of carbonyl (C=O) groups is 1. The Morgan fingerprint density at radius 1 is 1.29 bits per heavy atom. The second kappa shape index (κ2) is 8.88. The molecule has 2 atom stereocenters. The number of carbonyl (C=O) groups excluding carboxylic acids is 1. The summed E-state index contributed by atoms with van der Waals surface area (Å²) in [7, 11) is 0. The van der Waals surface area contributed by atoms with E-state index in [1.807, 2.05) is 30.5 Å². The van der Waals surface area contributed by atoms with Crippen LogP contribution in [0.15, 0.2) is 45.6 Å². The van der Waals surface area contributed by atoms with Gasteiger partial charge in [0.2, 0.25) is 0 Å². The number of thioether (sulfide) groups is 1. The van der Waals surface area contributed by atoms with Gasteiger partial charge in [-0.25, -0.2) is 0 Å². The summed E-state index contributed by atoms with van der Waals surface area (Å²) in [4.78, 5) is 17.6. The van der Waals surface area contributed by atoms with Crippen LogP contribution in [-0.2, 0) is 0 Å². The zero-order valence-corrected chi connectivity index (χ0v) is 18.8. The first kappa shape index (κ1) is 19.8. The maximum absolute atomic E-state index is 12.6. The Balaban J connectivity index is 1.63. The van der Waals surface area contributed by atoms with Gasteiger partial charge >= 0.3 is 0 Å². The van der Waals surface area contributed by atoms with E-state index in [0.29, 0.717) is 17.7 Å². The Labute approximate surface area is 181 Å². The third kappa shape index (κ3) is 4.23. The summed E-state index contributed by atoms with van der Waals surface area (Å²) in [6.45, 7) is 2.31. The van der Waals surface area contributed by atoms with Crippen molar-refractivity contribution in [2.24, 2.45) is 5.92 Å². The van der Waals surface area contributed by atoms with Crippen LogP contribution in [0.25, 0.3) is 11.4 Å². The number of Topliss-reactive ketones (excluding diaryl/α,β-unsaturated/α-hetero) is 1. The molecule has 0 spiro atoms. The molecule has 0 bridgehead atoms.